The van der Waals surface area contributed by atoms with Crippen LogP contribution >= 0.6 is 0 Å². The SMILES string of the molecule is CCC(Oc1ccc(C)c(C)c1)C(=O)N(Cc1ccccc1)Cc1ccccc1. The molecule has 3 heteroatoms. The molecule has 0 aliphatic rings. The summed E-state index contributed by atoms with van der Waals surface area (Å²) < 4.78 is 6.13. The van der Waals surface area contributed by atoms with E-state index >= 15 is 0 Å². The van der Waals surface area contributed by atoms with Crippen molar-refractivity contribution < 1.29 is 9.53 Å². The number of hydrogen-bond donors (Lipinski definition) is 0. The Morgan fingerprint density at radius 2 is 1.38 bits per heavy atom. The number of hydrogen-bond acceptors (Lipinski definition) is 2. The van der Waals surface area contributed by atoms with Gasteiger partial charge >= 0.3 is 0 Å². The number of aryl methyl sites for hydroxylation is 2. The molecule has 0 aliphatic carbocycles. The largest absolute Gasteiger partial charge is 0.481 e. The van der Waals surface area contributed by atoms with Crippen LogP contribution in [-0.4, -0.2) is 16.9 Å². The van der Waals surface area contributed by atoms with Gasteiger partial charge < -0.3 is 9.64 Å². The molecule has 0 saturated carbocycles. The predicted octanol–water partition coefficient (Wildman–Crippen LogP) is 5.69. The smallest absolute Gasteiger partial charge is 0.264 e. The number of carbonyl (C=O) groups excluding carboxylic acids is 1. The predicted molar refractivity (Wildman–Crippen MR) is 118 cm³/mol. The third-order valence-electron chi connectivity index (χ3n) is 5.15. The van der Waals surface area contributed by atoms with Gasteiger partial charge in [-0.15, -0.1) is 0 Å². The molecule has 0 spiro atoms. The molecule has 0 saturated heterocycles. The van der Waals surface area contributed by atoms with Gasteiger partial charge in [0.2, 0.25) is 0 Å². The molecule has 1 unspecified atom stereocenters. The van der Waals surface area contributed by atoms with Crippen LogP contribution in [0.4, 0.5) is 0 Å². The zero-order valence-electron chi connectivity index (χ0n) is 17.5. The maximum atomic E-state index is 13.4. The summed E-state index contributed by atoms with van der Waals surface area (Å²) in [5.74, 6) is 0.756. The Labute approximate surface area is 174 Å². The van der Waals surface area contributed by atoms with Crippen molar-refractivity contribution in [3.8, 4) is 5.75 Å². The molecule has 0 bridgehead atoms. The van der Waals surface area contributed by atoms with E-state index in [9.17, 15) is 4.79 Å². The van der Waals surface area contributed by atoms with E-state index in [0.717, 1.165) is 22.4 Å². The van der Waals surface area contributed by atoms with Crippen LogP contribution in [0.5, 0.6) is 5.75 Å². The van der Waals surface area contributed by atoms with Crippen molar-refractivity contribution in [2.75, 3.05) is 0 Å². The number of nitrogens with zero attached hydrogens (tertiary/aromatic N) is 1. The highest BCUT2D eigenvalue weighted by molar-refractivity contribution is 5.81. The second-order valence-corrected chi connectivity index (χ2v) is 7.43. The van der Waals surface area contributed by atoms with E-state index in [0.29, 0.717) is 19.5 Å². The van der Waals surface area contributed by atoms with E-state index in [1.54, 1.807) is 0 Å². The van der Waals surface area contributed by atoms with Gasteiger partial charge in [-0.3, -0.25) is 4.79 Å². The van der Waals surface area contributed by atoms with Crippen molar-refractivity contribution in [3.05, 3.63) is 101 Å². The number of rotatable bonds is 8. The lowest BCUT2D eigenvalue weighted by molar-refractivity contribution is -0.140. The molecule has 0 aliphatic heterocycles. The van der Waals surface area contributed by atoms with Gasteiger partial charge in [0.25, 0.3) is 5.91 Å². The minimum atomic E-state index is -0.510. The van der Waals surface area contributed by atoms with Crippen LogP contribution in [0.15, 0.2) is 78.9 Å². The number of amides is 1. The minimum Gasteiger partial charge on any atom is -0.481 e. The molecule has 0 radical (unpaired) electrons. The van der Waals surface area contributed by atoms with E-state index in [4.69, 9.17) is 4.74 Å². The summed E-state index contributed by atoms with van der Waals surface area (Å²) in [6.07, 6.45) is 0.107. The monoisotopic (exact) mass is 387 g/mol. The maximum Gasteiger partial charge on any atom is 0.264 e. The van der Waals surface area contributed by atoms with Crippen LogP contribution in [0, 0.1) is 13.8 Å². The summed E-state index contributed by atoms with van der Waals surface area (Å²) in [6, 6.07) is 26.2. The number of ether oxygens (including phenoxy) is 1. The summed E-state index contributed by atoms with van der Waals surface area (Å²) in [5, 5.41) is 0. The van der Waals surface area contributed by atoms with Gasteiger partial charge in [0.05, 0.1) is 0 Å². The van der Waals surface area contributed by atoms with Crippen LogP contribution < -0.4 is 4.74 Å². The van der Waals surface area contributed by atoms with Crippen LogP contribution in [0.25, 0.3) is 0 Å². The topological polar surface area (TPSA) is 29.5 Å². The molecule has 0 aromatic heterocycles. The fraction of sp³-hybridized carbons (Fsp3) is 0.269. The molecule has 0 fully saturated rings. The molecule has 0 heterocycles. The first-order chi connectivity index (χ1) is 14.1. The van der Waals surface area contributed by atoms with Crippen molar-refractivity contribution >= 4 is 5.91 Å². The Morgan fingerprint density at radius 3 is 1.86 bits per heavy atom. The average molecular weight is 388 g/mol. The van der Waals surface area contributed by atoms with Gasteiger partial charge in [0, 0.05) is 13.1 Å². The van der Waals surface area contributed by atoms with E-state index < -0.39 is 6.10 Å². The Hall–Kier alpha value is -3.07. The Bertz CT molecular complexity index is 880. The van der Waals surface area contributed by atoms with Crippen LogP contribution in [0.1, 0.15) is 35.6 Å². The molecule has 1 atom stereocenters. The normalized spacial score (nSPS) is 11.7. The zero-order valence-corrected chi connectivity index (χ0v) is 17.5. The summed E-state index contributed by atoms with van der Waals surface area (Å²) in [6.45, 7) is 7.24. The fourth-order valence-electron chi connectivity index (χ4n) is 3.28. The molecular formula is C26H29NO2. The standard InChI is InChI=1S/C26H29NO2/c1-4-25(29-24-16-15-20(2)21(3)17-24)26(28)27(18-22-11-7-5-8-12-22)19-23-13-9-6-10-14-23/h5-17,25H,4,18-19H2,1-3H3. The van der Waals surface area contributed by atoms with Gasteiger partial charge in [-0.25, -0.2) is 0 Å². The van der Waals surface area contributed by atoms with E-state index in [1.165, 1.54) is 5.56 Å². The third-order valence-corrected chi connectivity index (χ3v) is 5.15. The van der Waals surface area contributed by atoms with E-state index in [2.05, 4.69) is 38.1 Å². The molecule has 3 nitrogen and oxygen atoms in total. The number of benzene rings is 3. The Kier molecular flexibility index (Phi) is 7.07. The van der Waals surface area contributed by atoms with Crippen molar-refractivity contribution in [1.82, 2.24) is 4.90 Å². The van der Waals surface area contributed by atoms with Gasteiger partial charge in [0.1, 0.15) is 5.75 Å². The average Bonchev–Trinajstić information content (AvgIpc) is 2.75. The third kappa shape index (κ3) is 5.71. The highest BCUT2D eigenvalue weighted by atomic mass is 16.5. The van der Waals surface area contributed by atoms with Gasteiger partial charge in [-0.05, 0) is 54.7 Å². The van der Waals surface area contributed by atoms with Crippen LogP contribution in [0.2, 0.25) is 0 Å². The fourth-order valence-corrected chi connectivity index (χ4v) is 3.28. The Morgan fingerprint density at radius 1 is 0.828 bits per heavy atom. The maximum absolute atomic E-state index is 13.4. The zero-order chi connectivity index (χ0) is 20.6. The lowest BCUT2D eigenvalue weighted by atomic mass is 10.1. The molecule has 3 aromatic carbocycles. The lowest BCUT2D eigenvalue weighted by Crippen LogP contribution is -2.41. The van der Waals surface area contributed by atoms with E-state index in [1.807, 2.05) is 66.4 Å². The second kappa shape index (κ2) is 9.92. The first kappa shape index (κ1) is 20.7. The number of carbonyl (C=O) groups is 1. The summed E-state index contributed by atoms with van der Waals surface area (Å²) >= 11 is 0. The van der Waals surface area contributed by atoms with Crippen molar-refractivity contribution in [3.63, 3.8) is 0 Å². The first-order valence-electron chi connectivity index (χ1n) is 10.2. The molecule has 3 rings (SSSR count). The summed E-state index contributed by atoms with van der Waals surface area (Å²) in [5.41, 5.74) is 4.59. The molecule has 3 aromatic rings. The minimum absolute atomic E-state index is 0.0124. The van der Waals surface area contributed by atoms with Crippen molar-refractivity contribution in [2.24, 2.45) is 0 Å². The van der Waals surface area contributed by atoms with Crippen LogP contribution in [-0.2, 0) is 17.9 Å². The molecule has 29 heavy (non-hydrogen) atoms. The molecule has 1 amide bonds. The quantitative estimate of drug-likeness (QED) is 0.497. The lowest BCUT2D eigenvalue weighted by Gasteiger charge is -2.28. The van der Waals surface area contributed by atoms with Crippen molar-refractivity contribution in [2.45, 2.75) is 46.4 Å². The van der Waals surface area contributed by atoms with E-state index in [-0.39, 0.29) is 5.91 Å². The van der Waals surface area contributed by atoms with Crippen LogP contribution in [0.3, 0.4) is 0 Å². The molecular weight excluding hydrogens is 358 g/mol. The first-order valence-corrected chi connectivity index (χ1v) is 10.2. The highest BCUT2D eigenvalue weighted by Gasteiger charge is 2.25. The Balaban J connectivity index is 1.81. The van der Waals surface area contributed by atoms with Crippen molar-refractivity contribution in [1.29, 1.82) is 0 Å². The molecule has 150 valence electrons. The molecule has 0 N–H and O–H groups in total. The highest BCUT2D eigenvalue weighted by Crippen LogP contribution is 2.20. The summed E-state index contributed by atoms with van der Waals surface area (Å²) in [4.78, 5) is 15.3. The summed E-state index contributed by atoms with van der Waals surface area (Å²) in [7, 11) is 0. The second-order valence-electron chi connectivity index (χ2n) is 7.43. The van der Waals surface area contributed by atoms with Gasteiger partial charge in [-0.1, -0.05) is 73.7 Å². The van der Waals surface area contributed by atoms with Gasteiger partial charge in [-0.2, -0.15) is 0 Å². The van der Waals surface area contributed by atoms with Gasteiger partial charge in [0.15, 0.2) is 6.10 Å².